The third-order valence-electron chi connectivity index (χ3n) is 3.45. The normalized spacial score (nSPS) is 10.2. The van der Waals surface area contributed by atoms with E-state index in [4.69, 9.17) is 14.2 Å². The molecule has 0 radical (unpaired) electrons. The maximum Gasteiger partial charge on any atom is 0.338 e. The number of nitrogens with one attached hydrogen (secondary N) is 1. The molecule has 0 aliphatic rings. The van der Waals surface area contributed by atoms with E-state index < -0.39 is 11.9 Å². The van der Waals surface area contributed by atoms with Gasteiger partial charge in [-0.3, -0.25) is 9.59 Å². The van der Waals surface area contributed by atoms with Gasteiger partial charge in [-0.1, -0.05) is 0 Å². The minimum absolute atomic E-state index is 0.205. The number of hydrogen-bond acceptors (Lipinski definition) is 6. The SMILES string of the molecule is COc1ccc(OCC(=O)Nc2ccc(C(=O)OC(C)C)cc2)c(C=O)c1. The molecule has 0 atom stereocenters. The predicted octanol–water partition coefficient (Wildman–Crippen LogP) is 3.09. The third-order valence-corrected chi connectivity index (χ3v) is 3.45. The highest BCUT2D eigenvalue weighted by molar-refractivity contribution is 5.94. The average molecular weight is 371 g/mol. The Labute approximate surface area is 157 Å². The molecular formula is C20H21NO6. The first kappa shape index (κ1) is 20.0. The van der Waals surface area contributed by atoms with Gasteiger partial charge in [-0.25, -0.2) is 4.79 Å². The van der Waals surface area contributed by atoms with Crippen molar-refractivity contribution in [2.75, 3.05) is 19.0 Å². The number of hydrogen-bond donors (Lipinski definition) is 1. The lowest BCUT2D eigenvalue weighted by atomic mass is 10.2. The Morgan fingerprint density at radius 3 is 2.41 bits per heavy atom. The van der Waals surface area contributed by atoms with Gasteiger partial charge in [-0.15, -0.1) is 0 Å². The Kier molecular flexibility index (Phi) is 6.93. The Morgan fingerprint density at radius 1 is 1.11 bits per heavy atom. The van der Waals surface area contributed by atoms with E-state index in [0.717, 1.165) is 0 Å². The summed E-state index contributed by atoms with van der Waals surface area (Å²) in [5.74, 6) is -0.0232. The molecule has 1 N–H and O–H groups in total. The molecule has 0 aromatic heterocycles. The van der Waals surface area contributed by atoms with E-state index in [1.165, 1.54) is 13.2 Å². The van der Waals surface area contributed by atoms with Crippen molar-refractivity contribution < 1.29 is 28.6 Å². The van der Waals surface area contributed by atoms with E-state index in [0.29, 0.717) is 23.3 Å². The van der Waals surface area contributed by atoms with Gasteiger partial charge in [0.05, 0.1) is 24.3 Å². The Balaban J connectivity index is 1.92. The summed E-state index contributed by atoms with van der Waals surface area (Å²) in [6.07, 6.45) is 0.424. The second-order valence-corrected chi connectivity index (χ2v) is 5.89. The van der Waals surface area contributed by atoms with Gasteiger partial charge < -0.3 is 19.5 Å². The molecule has 0 spiro atoms. The van der Waals surface area contributed by atoms with Crippen molar-refractivity contribution in [3.63, 3.8) is 0 Å². The topological polar surface area (TPSA) is 90.9 Å². The summed E-state index contributed by atoms with van der Waals surface area (Å²) < 4.78 is 15.5. The summed E-state index contributed by atoms with van der Waals surface area (Å²) in [6.45, 7) is 3.26. The molecule has 2 aromatic rings. The van der Waals surface area contributed by atoms with Crippen molar-refractivity contribution in [3.05, 3.63) is 53.6 Å². The molecule has 7 nitrogen and oxygen atoms in total. The summed E-state index contributed by atoms with van der Waals surface area (Å²) in [6, 6.07) is 11.0. The van der Waals surface area contributed by atoms with Crippen molar-refractivity contribution in [1.82, 2.24) is 0 Å². The van der Waals surface area contributed by atoms with Gasteiger partial charge in [-0.2, -0.15) is 0 Å². The highest BCUT2D eigenvalue weighted by Crippen LogP contribution is 2.22. The fourth-order valence-corrected chi connectivity index (χ4v) is 2.19. The fourth-order valence-electron chi connectivity index (χ4n) is 2.19. The van der Waals surface area contributed by atoms with Crippen LogP contribution in [0.5, 0.6) is 11.5 Å². The minimum atomic E-state index is -0.424. The van der Waals surface area contributed by atoms with Gasteiger partial charge in [0.25, 0.3) is 5.91 Å². The van der Waals surface area contributed by atoms with Crippen LogP contribution >= 0.6 is 0 Å². The number of anilines is 1. The summed E-state index contributed by atoms with van der Waals surface area (Å²) in [4.78, 5) is 34.9. The molecule has 7 heteroatoms. The van der Waals surface area contributed by atoms with E-state index in [1.807, 2.05) is 0 Å². The number of aldehydes is 1. The maximum absolute atomic E-state index is 12.0. The van der Waals surface area contributed by atoms with Crippen LogP contribution in [-0.4, -0.2) is 38.0 Å². The van der Waals surface area contributed by atoms with Crippen molar-refractivity contribution in [2.24, 2.45) is 0 Å². The smallest absolute Gasteiger partial charge is 0.338 e. The zero-order valence-electron chi connectivity index (χ0n) is 15.4. The summed E-state index contributed by atoms with van der Waals surface area (Å²) in [5.41, 5.74) is 1.19. The van der Waals surface area contributed by atoms with Gasteiger partial charge in [-0.05, 0) is 56.3 Å². The van der Waals surface area contributed by atoms with Crippen molar-refractivity contribution in [1.29, 1.82) is 0 Å². The average Bonchev–Trinajstić information content (AvgIpc) is 2.66. The zero-order valence-corrected chi connectivity index (χ0v) is 15.4. The van der Waals surface area contributed by atoms with E-state index in [-0.39, 0.29) is 24.0 Å². The predicted molar refractivity (Wildman–Crippen MR) is 99.5 cm³/mol. The number of esters is 1. The van der Waals surface area contributed by atoms with Crippen LogP contribution in [0.25, 0.3) is 0 Å². The first-order valence-electron chi connectivity index (χ1n) is 8.30. The Hall–Kier alpha value is -3.35. The second kappa shape index (κ2) is 9.38. The zero-order chi connectivity index (χ0) is 19.8. The first-order chi connectivity index (χ1) is 12.9. The third kappa shape index (κ3) is 5.85. The number of ether oxygens (including phenoxy) is 3. The highest BCUT2D eigenvalue weighted by atomic mass is 16.5. The molecular weight excluding hydrogens is 350 g/mol. The molecule has 142 valence electrons. The lowest BCUT2D eigenvalue weighted by Gasteiger charge is -2.11. The van der Waals surface area contributed by atoms with Crippen LogP contribution in [0.1, 0.15) is 34.6 Å². The number of rotatable bonds is 8. The fraction of sp³-hybridized carbons (Fsp3) is 0.250. The first-order valence-corrected chi connectivity index (χ1v) is 8.30. The van der Waals surface area contributed by atoms with Gasteiger partial charge >= 0.3 is 5.97 Å². The van der Waals surface area contributed by atoms with Gasteiger partial charge in [0, 0.05) is 5.69 Å². The van der Waals surface area contributed by atoms with E-state index in [2.05, 4.69) is 5.32 Å². The van der Waals surface area contributed by atoms with Crippen LogP contribution in [-0.2, 0) is 9.53 Å². The number of benzene rings is 2. The van der Waals surface area contributed by atoms with E-state index >= 15 is 0 Å². The van der Waals surface area contributed by atoms with Crippen molar-refractivity contribution in [3.8, 4) is 11.5 Å². The molecule has 0 aliphatic heterocycles. The summed E-state index contributed by atoms with van der Waals surface area (Å²) in [7, 11) is 1.49. The molecule has 0 heterocycles. The van der Waals surface area contributed by atoms with Crippen molar-refractivity contribution >= 4 is 23.9 Å². The molecule has 0 unspecified atom stereocenters. The molecule has 2 rings (SSSR count). The number of methoxy groups -OCH3 is 1. The second-order valence-electron chi connectivity index (χ2n) is 5.89. The van der Waals surface area contributed by atoms with E-state index in [9.17, 15) is 14.4 Å². The number of carbonyl (C=O) groups excluding carboxylic acids is 3. The monoisotopic (exact) mass is 371 g/mol. The molecule has 0 saturated heterocycles. The molecule has 1 amide bonds. The van der Waals surface area contributed by atoms with Crippen LogP contribution in [0.4, 0.5) is 5.69 Å². The van der Waals surface area contributed by atoms with Crippen LogP contribution in [0, 0.1) is 0 Å². The number of carbonyl (C=O) groups is 3. The van der Waals surface area contributed by atoms with Gasteiger partial charge in [0.15, 0.2) is 12.9 Å². The minimum Gasteiger partial charge on any atom is -0.497 e. The standard InChI is InChI=1S/C20H21NO6/c1-13(2)27-20(24)14-4-6-16(7-5-14)21-19(23)12-26-18-9-8-17(25-3)10-15(18)11-22/h4-11,13H,12H2,1-3H3,(H,21,23). The lowest BCUT2D eigenvalue weighted by molar-refractivity contribution is -0.118. The summed E-state index contributed by atoms with van der Waals surface area (Å²) >= 11 is 0. The molecule has 2 aromatic carbocycles. The number of amides is 1. The van der Waals surface area contributed by atoms with E-state index in [1.54, 1.807) is 50.2 Å². The molecule has 0 fully saturated rings. The molecule has 0 bridgehead atoms. The lowest BCUT2D eigenvalue weighted by Crippen LogP contribution is -2.20. The van der Waals surface area contributed by atoms with Gasteiger partial charge in [0.1, 0.15) is 11.5 Å². The summed E-state index contributed by atoms with van der Waals surface area (Å²) in [5, 5.41) is 2.65. The van der Waals surface area contributed by atoms with Gasteiger partial charge in [0.2, 0.25) is 0 Å². The maximum atomic E-state index is 12.0. The Bertz CT molecular complexity index is 814. The Morgan fingerprint density at radius 2 is 1.81 bits per heavy atom. The largest absolute Gasteiger partial charge is 0.497 e. The molecule has 27 heavy (non-hydrogen) atoms. The highest BCUT2D eigenvalue weighted by Gasteiger charge is 2.11. The van der Waals surface area contributed by atoms with Crippen LogP contribution in [0.15, 0.2) is 42.5 Å². The van der Waals surface area contributed by atoms with Crippen LogP contribution in [0.2, 0.25) is 0 Å². The molecule has 0 aliphatic carbocycles. The quantitative estimate of drug-likeness (QED) is 0.566. The molecule has 0 saturated carbocycles. The van der Waals surface area contributed by atoms with Crippen molar-refractivity contribution in [2.45, 2.75) is 20.0 Å². The van der Waals surface area contributed by atoms with Crippen LogP contribution < -0.4 is 14.8 Å². The van der Waals surface area contributed by atoms with Crippen LogP contribution in [0.3, 0.4) is 0 Å².